The number of esters is 2. The van der Waals surface area contributed by atoms with E-state index >= 15 is 0 Å². The third kappa shape index (κ3) is 9.51. The number of aromatic nitrogens is 10. The predicted octanol–water partition coefficient (Wildman–Crippen LogP) is 3.13. The number of ether oxygens (including phenoxy) is 6. The largest absolute Gasteiger partial charge is 0.484 e. The Morgan fingerprint density at radius 3 is 1.74 bits per heavy atom. The molecule has 3 aromatic carbocycles. The zero-order valence-electron chi connectivity index (χ0n) is 31.7. The summed E-state index contributed by atoms with van der Waals surface area (Å²) in [7, 11) is -4.23. The van der Waals surface area contributed by atoms with E-state index in [1.165, 1.54) is 17.2 Å². The van der Waals surface area contributed by atoms with Crippen LogP contribution in [0.3, 0.4) is 0 Å². The number of amides is 1. The Morgan fingerprint density at radius 1 is 0.656 bits per heavy atom. The number of anilines is 1. The van der Waals surface area contributed by atoms with E-state index in [1.807, 2.05) is 6.07 Å². The first-order valence-electron chi connectivity index (χ1n) is 18.3. The molecule has 1 amide bonds. The molecular weight excluding hydrogens is 817 g/mol. The van der Waals surface area contributed by atoms with Crippen LogP contribution in [0, 0.1) is 0 Å². The van der Waals surface area contributed by atoms with Crippen molar-refractivity contribution >= 4 is 42.5 Å². The van der Waals surface area contributed by atoms with Gasteiger partial charge >= 0.3 is 19.6 Å². The lowest BCUT2D eigenvalue weighted by atomic mass is 10.1. The summed E-state index contributed by atoms with van der Waals surface area (Å²) in [6.45, 7) is -2.00. The molecule has 0 unspecified atom stereocenters. The lowest BCUT2D eigenvalue weighted by molar-refractivity contribution is -0.170. The van der Waals surface area contributed by atoms with E-state index in [0.717, 1.165) is 34.2 Å². The van der Waals surface area contributed by atoms with Crippen LogP contribution in [0.15, 0.2) is 129 Å². The highest BCUT2D eigenvalue weighted by Gasteiger charge is 2.52. The maximum atomic E-state index is 14.4. The predicted molar refractivity (Wildman–Crippen MR) is 208 cm³/mol. The van der Waals surface area contributed by atoms with Crippen molar-refractivity contribution < 1.29 is 51.9 Å². The number of hydrogen-bond acceptors (Lipinski definition) is 18. The van der Waals surface area contributed by atoms with Crippen molar-refractivity contribution in [3.05, 3.63) is 129 Å². The molecule has 1 N–H and O–H groups in total. The van der Waals surface area contributed by atoms with Gasteiger partial charge in [0.15, 0.2) is 55.2 Å². The molecule has 0 spiro atoms. The van der Waals surface area contributed by atoms with E-state index in [4.69, 9.17) is 32.9 Å². The lowest BCUT2D eigenvalue weighted by Gasteiger charge is -2.25. The van der Waals surface area contributed by atoms with Gasteiger partial charge in [-0.1, -0.05) is 54.6 Å². The fraction of sp³-hybridized carbons (Fsp3) is 0.211. The summed E-state index contributed by atoms with van der Waals surface area (Å²) in [6.07, 6.45) is 1.57. The molecule has 7 aromatic rings. The van der Waals surface area contributed by atoms with E-state index in [-0.39, 0.29) is 23.6 Å². The van der Waals surface area contributed by atoms with Crippen LogP contribution in [-0.2, 0) is 37.7 Å². The van der Waals surface area contributed by atoms with Gasteiger partial charge in [-0.15, -0.1) is 0 Å². The molecule has 1 saturated heterocycles. The average Bonchev–Trinajstić information content (AvgIpc) is 4.14. The van der Waals surface area contributed by atoms with Crippen molar-refractivity contribution in [2.45, 2.75) is 24.5 Å². The highest BCUT2D eigenvalue weighted by molar-refractivity contribution is 7.55. The molecule has 8 rings (SSSR count). The molecule has 61 heavy (non-hydrogen) atoms. The Kier molecular flexibility index (Phi) is 12.3. The fourth-order valence-corrected chi connectivity index (χ4v) is 7.53. The van der Waals surface area contributed by atoms with Gasteiger partial charge in [0.25, 0.3) is 5.91 Å². The molecule has 4 aromatic heterocycles. The van der Waals surface area contributed by atoms with Gasteiger partial charge in [0.05, 0.1) is 12.9 Å². The van der Waals surface area contributed by atoms with Gasteiger partial charge in [-0.2, -0.15) is 19.1 Å². The number of nitrogens with zero attached hydrogens (tertiary/aromatic N) is 10. The zero-order chi connectivity index (χ0) is 42.0. The molecule has 23 heteroatoms. The number of carbonyl (C=O) groups excluding carboxylic acids is 3. The third-order valence-corrected chi connectivity index (χ3v) is 10.7. The Bertz CT molecular complexity index is 2550. The number of nitrogens with one attached hydrogen (secondary N) is 1. The summed E-state index contributed by atoms with van der Waals surface area (Å²) in [5.74, 6) is -0.969. The molecule has 312 valence electrons. The molecule has 0 radical (unpaired) electrons. The van der Waals surface area contributed by atoms with Crippen LogP contribution in [0.2, 0.25) is 0 Å². The Balaban J connectivity index is 1.11. The number of carbonyl (C=O) groups is 3. The zero-order valence-corrected chi connectivity index (χ0v) is 32.6. The van der Waals surface area contributed by atoms with E-state index in [1.54, 1.807) is 84.9 Å². The molecular formula is C38H34N11O11P. The van der Waals surface area contributed by atoms with Gasteiger partial charge in [-0.3, -0.25) is 13.9 Å². The van der Waals surface area contributed by atoms with Crippen LogP contribution in [0.25, 0.3) is 11.2 Å². The summed E-state index contributed by atoms with van der Waals surface area (Å²) >= 11 is 0. The molecule has 22 nitrogen and oxygen atoms in total. The smallest absolute Gasteiger partial charge is 0.439 e. The summed E-state index contributed by atoms with van der Waals surface area (Å²) in [5.41, 5.74) is 0.249. The Labute approximate surface area is 344 Å². The number of hydrogen-bond donors (Lipinski definition) is 1. The maximum Gasteiger partial charge on any atom is 0.439 e. The van der Waals surface area contributed by atoms with Gasteiger partial charge in [0.1, 0.15) is 55.0 Å². The van der Waals surface area contributed by atoms with Gasteiger partial charge < -0.3 is 33.7 Å². The fourth-order valence-electron chi connectivity index (χ4n) is 6.03. The van der Waals surface area contributed by atoms with Crippen molar-refractivity contribution in [1.82, 2.24) is 48.6 Å². The standard InChI is InChI=1S/C38H34N11O11P/c50-30(17-54-26-10-4-1-5-11-26)46-36-33-37(42-22-41-36)47(25-43-33)38-35(60-32(52)19-56-28-14-8-3-9-15-28)34(59-31(51)18-55-27-12-6-2-7-13-27)29(58-38)16-57-61(53,48-23-39-20-44-48)49-24-40-21-45-49/h1-15,20-25,29,34-35,38H,16-19H2,(H,41,42,46,50)/t29-,34-,35-,38-/m1/s1. The highest BCUT2D eigenvalue weighted by atomic mass is 31.2. The minimum atomic E-state index is -4.23. The Hall–Kier alpha value is -7.55. The molecule has 0 aliphatic carbocycles. The van der Waals surface area contributed by atoms with Crippen LogP contribution in [0.1, 0.15) is 6.23 Å². The normalized spacial score (nSPS) is 17.4. The number of rotatable bonds is 18. The number of benzene rings is 3. The second-order valence-electron chi connectivity index (χ2n) is 12.8. The van der Waals surface area contributed by atoms with Crippen molar-refractivity contribution in [3.63, 3.8) is 0 Å². The van der Waals surface area contributed by atoms with Crippen molar-refractivity contribution in [3.8, 4) is 17.2 Å². The van der Waals surface area contributed by atoms with Gasteiger partial charge in [-0.05, 0) is 36.4 Å². The molecule has 5 heterocycles. The van der Waals surface area contributed by atoms with Crippen LogP contribution < -0.4 is 19.5 Å². The maximum absolute atomic E-state index is 14.4. The van der Waals surface area contributed by atoms with Crippen molar-refractivity contribution in [2.75, 3.05) is 31.7 Å². The first-order chi connectivity index (χ1) is 29.8. The van der Waals surface area contributed by atoms with Crippen LogP contribution in [0.5, 0.6) is 17.2 Å². The minimum absolute atomic E-state index is 0.0377. The monoisotopic (exact) mass is 851 g/mol. The van der Waals surface area contributed by atoms with E-state index < -0.39 is 69.9 Å². The first-order valence-corrected chi connectivity index (χ1v) is 19.9. The SMILES string of the molecule is O=C(COc1ccccc1)Nc1ncnc2c1ncn2[C@@H]1O[C@H](COP(=O)(n2cncn2)n2cncn2)[C@@H](OC(=O)COc2ccccc2)[C@H]1OC(=O)COc1ccccc1. The van der Waals surface area contributed by atoms with Crippen LogP contribution >= 0.6 is 7.67 Å². The summed E-state index contributed by atoms with van der Waals surface area (Å²) < 4.78 is 59.1. The van der Waals surface area contributed by atoms with E-state index in [0.29, 0.717) is 17.2 Å². The molecule has 1 aliphatic rings. The van der Waals surface area contributed by atoms with Crippen molar-refractivity contribution in [2.24, 2.45) is 0 Å². The van der Waals surface area contributed by atoms with Crippen LogP contribution in [0.4, 0.5) is 5.82 Å². The number of para-hydroxylation sites is 3. The van der Waals surface area contributed by atoms with Gasteiger partial charge in [-0.25, -0.2) is 39.1 Å². The molecule has 1 fully saturated rings. The second-order valence-corrected chi connectivity index (χ2v) is 14.9. The quantitative estimate of drug-likeness (QED) is 0.0962. The summed E-state index contributed by atoms with van der Waals surface area (Å²) in [6, 6.07) is 25.9. The van der Waals surface area contributed by atoms with Crippen LogP contribution in [-0.4, -0.2) is 111 Å². The topological polar surface area (TPSA) is 250 Å². The number of imidazole rings is 1. The third-order valence-electron chi connectivity index (χ3n) is 8.76. The lowest BCUT2D eigenvalue weighted by Crippen LogP contribution is -2.42. The summed E-state index contributed by atoms with van der Waals surface area (Å²) in [5, 5.41) is 10.7. The minimum Gasteiger partial charge on any atom is -0.484 e. The summed E-state index contributed by atoms with van der Waals surface area (Å²) in [4.78, 5) is 60.9. The highest BCUT2D eigenvalue weighted by Crippen LogP contribution is 2.49. The van der Waals surface area contributed by atoms with Gasteiger partial charge in [0, 0.05) is 0 Å². The van der Waals surface area contributed by atoms with E-state index in [9.17, 15) is 18.9 Å². The van der Waals surface area contributed by atoms with E-state index in [2.05, 4.69) is 40.4 Å². The Morgan fingerprint density at radius 2 is 1.20 bits per heavy atom. The average molecular weight is 852 g/mol. The van der Waals surface area contributed by atoms with Crippen molar-refractivity contribution in [1.29, 1.82) is 0 Å². The molecule has 0 saturated carbocycles. The molecule has 4 atom stereocenters. The first kappa shape index (κ1) is 40.2. The second kappa shape index (κ2) is 18.6. The molecule has 1 aliphatic heterocycles. The van der Waals surface area contributed by atoms with Gasteiger partial charge in [0.2, 0.25) is 0 Å². The molecule has 0 bridgehead atoms. The number of fused-ring (bicyclic) bond motifs is 1.